The van der Waals surface area contributed by atoms with Gasteiger partial charge in [0, 0.05) is 30.7 Å². The Bertz CT molecular complexity index is 417. The van der Waals surface area contributed by atoms with Crippen molar-refractivity contribution in [3.8, 4) is 11.3 Å². The first kappa shape index (κ1) is 8.94. The minimum absolute atomic E-state index is 0.998. The maximum absolute atomic E-state index is 4.43. The summed E-state index contributed by atoms with van der Waals surface area (Å²) in [5.41, 5.74) is 3.31. The predicted molar refractivity (Wildman–Crippen MR) is 55.8 cm³/mol. The van der Waals surface area contributed by atoms with E-state index in [1.807, 2.05) is 30.1 Å². The average molecular weight is 187 g/mol. The number of nitrogens with zero attached hydrogens (tertiary/aromatic N) is 3. The lowest BCUT2D eigenvalue weighted by Gasteiger charge is -1.93. The van der Waals surface area contributed by atoms with Gasteiger partial charge in [0.05, 0.1) is 5.69 Å². The van der Waals surface area contributed by atoms with E-state index < -0.39 is 0 Å². The van der Waals surface area contributed by atoms with E-state index in [1.54, 1.807) is 6.20 Å². The third-order valence-corrected chi connectivity index (χ3v) is 2.30. The largest absolute Gasteiger partial charge is 0.272 e. The summed E-state index contributed by atoms with van der Waals surface area (Å²) in [6.07, 6.45) is 4.61. The van der Waals surface area contributed by atoms with Crippen molar-refractivity contribution in [1.82, 2.24) is 14.8 Å². The Hall–Kier alpha value is -1.64. The Kier molecular flexibility index (Phi) is 2.31. The Balaban J connectivity index is 2.43. The van der Waals surface area contributed by atoms with Gasteiger partial charge in [-0.25, -0.2) is 0 Å². The summed E-state index contributed by atoms with van der Waals surface area (Å²) in [6.45, 7) is 2.13. The van der Waals surface area contributed by atoms with Crippen molar-refractivity contribution in [2.75, 3.05) is 0 Å². The van der Waals surface area contributed by atoms with Gasteiger partial charge in [-0.05, 0) is 24.6 Å². The number of aryl methyl sites for hydroxylation is 2. The molecule has 2 aromatic rings. The highest BCUT2D eigenvalue weighted by molar-refractivity contribution is 5.57. The molecule has 2 rings (SSSR count). The average Bonchev–Trinajstić information content (AvgIpc) is 2.61. The molecule has 2 heterocycles. The predicted octanol–water partition coefficient (Wildman–Crippen LogP) is 2.04. The molecule has 0 aliphatic rings. The van der Waals surface area contributed by atoms with Crippen LogP contribution in [-0.2, 0) is 13.5 Å². The van der Waals surface area contributed by atoms with Crippen molar-refractivity contribution < 1.29 is 0 Å². The topological polar surface area (TPSA) is 30.7 Å². The first-order valence-electron chi connectivity index (χ1n) is 4.74. The number of hydrogen-bond donors (Lipinski definition) is 0. The molecule has 0 bridgehead atoms. The molecule has 0 N–H and O–H groups in total. The van der Waals surface area contributed by atoms with Crippen LogP contribution in [0.5, 0.6) is 0 Å². The fourth-order valence-corrected chi connectivity index (χ4v) is 1.49. The summed E-state index contributed by atoms with van der Waals surface area (Å²) in [7, 11) is 1.97. The van der Waals surface area contributed by atoms with E-state index in [-0.39, 0.29) is 0 Å². The lowest BCUT2D eigenvalue weighted by molar-refractivity contribution is 0.720. The second-order valence-electron chi connectivity index (χ2n) is 3.24. The van der Waals surface area contributed by atoms with Crippen LogP contribution in [0.2, 0.25) is 0 Å². The standard InChI is InChI=1S/C11H13N3/c1-3-10-7-11(13-14(10)2)9-5-4-6-12-8-9/h4-8H,3H2,1-2H3. The molecule has 3 heteroatoms. The summed E-state index contributed by atoms with van der Waals surface area (Å²) >= 11 is 0. The lowest BCUT2D eigenvalue weighted by Crippen LogP contribution is -1.95. The molecule has 0 aromatic carbocycles. The maximum Gasteiger partial charge on any atom is 0.0941 e. The monoisotopic (exact) mass is 187 g/mol. The van der Waals surface area contributed by atoms with E-state index >= 15 is 0 Å². The minimum atomic E-state index is 0.998. The molecule has 0 saturated carbocycles. The van der Waals surface area contributed by atoms with E-state index in [0.29, 0.717) is 0 Å². The van der Waals surface area contributed by atoms with Gasteiger partial charge in [0.1, 0.15) is 0 Å². The smallest absolute Gasteiger partial charge is 0.0941 e. The van der Waals surface area contributed by atoms with E-state index in [4.69, 9.17) is 0 Å². The van der Waals surface area contributed by atoms with Crippen LogP contribution in [-0.4, -0.2) is 14.8 Å². The molecule has 0 unspecified atom stereocenters. The van der Waals surface area contributed by atoms with Crippen LogP contribution in [0.15, 0.2) is 30.6 Å². The van der Waals surface area contributed by atoms with E-state index in [0.717, 1.165) is 17.7 Å². The zero-order valence-electron chi connectivity index (χ0n) is 8.44. The maximum atomic E-state index is 4.43. The molecule has 0 amide bonds. The van der Waals surface area contributed by atoms with E-state index in [1.165, 1.54) is 5.69 Å². The SMILES string of the molecule is CCc1cc(-c2cccnc2)nn1C. The third-order valence-electron chi connectivity index (χ3n) is 2.30. The van der Waals surface area contributed by atoms with Gasteiger partial charge in [0.25, 0.3) is 0 Å². The van der Waals surface area contributed by atoms with Crippen molar-refractivity contribution in [1.29, 1.82) is 0 Å². The van der Waals surface area contributed by atoms with Crippen molar-refractivity contribution in [3.05, 3.63) is 36.3 Å². The summed E-state index contributed by atoms with van der Waals surface area (Å²) in [5, 5.41) is 4.43. The lowest BCUT2D eigenvalue weighted by atomic mass is 10.2. The fraction of sp³-hybridized carbons (Fsp3) is 0.273. The number of hydrogen-bond acceptors (Lipinski definition) is 2. The minimum Gasteiger partial charge on any atom is -0.272 e. The van der Waals surface area contributed by atoms with Crippen molar-refractivity contribution >= 4 is 0 Å². The highest BCUT2D eigenvalue weighted by Crippen LogP contribution is 2.17. The number of rotatable bonds is 2. The van der Waals surface area contributed by atoms with Gasteiger partial charge in [-0.1, -0.05) is 6.92 Å². The van der Waals surface area contributed by atoms with E-state index in [2.05, 4.69) is 23.1 Å². The number of pyridine rings is 1. The second kappa shape index (κ2) is 3.62. The van der Waals surface area contributed by atoms with Crippen LogP contribution in [0.3, 0.4) is 0 Å². The fourth-order valence-electron chi connectivity index (χ4n) is 1.49. The first-order chi connectivity index (χ1) is 6.81. The molecule has 14 heavy (non-hydrogen) atoms. The molecule has 0 radical (unpaired) electrons. The summed E-state index contributed by atoms with van der Waals surface area (Å²) < 4.78 is 1.92. The first-order valence-corrected chi connectivity index (χ1v) is 4.74. The summed E-state index contributed by atoms with van der Waals surface area (Å²) in [6, 6.07) is 6.06. The molecular weight excluding hydrogens is 174 g/mol. The second-order valence-corrected chi connectivity index (χ2v) is 3.24. The highest BCUT2D eigenvalue weighted by atomic mass is 15.3. The Morgan fingerprint density at radius 2 is 2.29 bits per heavy atom. The van der Waals surface area contributed by atoms with Crippen molar-refractivity contribution in [3.63, 3.8) is 0 Å². The zero-order valence-corrected chi connectivity index (χ0v) is 8.44. The van der Waals surface area contributed by atoms with E-state index in [9.17, 15) is 0 Å². The van der Waals surface area contributed by atoms with Gasteiger partial charge in [-0.2, -0.15) is 5.10 Å². The molecule has 2 aromatic heterocycles. The Morgan fingerprint density at radius 3 is 2.86 bits per heavy atom. The van der Waals surface area contributed by atoms with Crippen LogP contribution in [0.25, 0.3) is 11.3 Å². The molecule has 0 atom stereocenters. The molecule has 0 aliphatic heterocycles. The van der Waals surface area contributed by atoms with Gasteiger partial charge in [-0.15, -0.1) is 0 Å². The molecular formula is C11H13N3. The molecule has 0 aliphatic carbocycles. The van der Waals surface area contributed by atoms with Gasteiger partial charge in [0.15, 0.2) is 0 Å². The van der Waals surface area contributed by atoms with Crippen LogP contribution in [0.4, 0.5) is 0 Å². The Morgan fingerprint density at radius 1 is 1.43 bits per heavy atom. The Labute approximate surface area is 83.4 Å². The van der Waals surface area contributed by atoms with Crippen molar-refractivity contribution in [2.24, 2.45) is 7.05 Å². The molecule has 0 saturated heterocycles. The highest BCUT2D eigenvalue weighted by Gasteiger charge is 2.04. The summed E-state index contributed by atoms with van der Waals surface area (Å²) in [5.74, 6) is 0. The van der Waals surface area contributed by atoms with Crippen molar-refractivity contribution in [2.45, 2.75) is 13.3 Å². The van der Waals surface area contributed by atoms with Crippen LogP contribution in [0, 0.1) is 0 Å². The summed E-state index contributed by atoms with van der Waals surface area (Å²) in [4.78, 5) is 4.08. The van der Waals surface area contributed by atoms with Gasteiger partial charge < -0.3 is 0 Å². The van der Waals surface area contributed by atoms with Crippen LogP contribution in [0.1, 0.15) is 12.6 Å². The van der Waals surface area contributed by atoms with Gasteiger partial charge in [0.2, 0.25) is 0 Å². The molecule has 3 nitrogen and oxygen atoms in total. The normalized spacial score (nSPS) is 10.4. The number of aromatic nitrogens is 3. The molecule has 0 spiro atoms. The van der Waals surface area contributed by atoms with Crippen LogP contribution < -0.4 is 0 Å². The molecule has 72 valence electrons. The van der Waals surface area contributed by atoms with Crippen LogP contribution >= 0.6 is 0 Å². The zero-order chi connectivity index (χ0) is 9.97. The van der Waals surface area contributed by atoms with Gasteiger partial charge >= 0.3 is 0 Å². The molecule has 0 fully saturated rings. The quantitative estimate of drug-likeness (QED) is 0.720. The third kappa shape index (κ3) is 1.53. The van der Waals surface area contributed by atoms with Gasteiger partial charge in [-0.3, -0.25) is 9.67 Å².